The van der Waals surface area contributed by atoms with Crippen molar-refractivity contribution >= 4 is 5.97 Å². The van der Waals surface area contributed by atoms with E-state index in [0.717, 1.165) is 0 Å². The number of cyclic esters (lactones) is 1. The minimum atomic E-state index is -1.04. The lowest BCUT2D eigenvalue weighted by molar-refractivity contribution is -0.214. The third-order valence-electron chi connectivity index (χ3n) is 3.69. The summed E-state index contributed by atoms with van der Waals surface area (Å²) in [7, 11) is 1.50. The maximum Gasteiger partial charge on any atom is 0.340 e. The van der Waals surface area contributed by atoms with Crippen LogP contribution < -0.4 is 0 Å². The molecule has 5 heteroatoms. The summed E-state index contributed by atoms with van der Waals surface area (Å²) in [6.45, 7) is 12.1. The molecule has 3 atom stereocenters. The van der Waals surface area contributed by atoms with Crippen molar-refractivity contribution in [3.63, 3.8) is 0 Å². The van der Waals surface area contributed by atoms with Crippen LogP contribution in [0.25, 0.3) is 0 Å². The fourth-order valence-corrected chi connectivity index (χ4v) is 2.16. The highest BCUT2D eigenvalue weighted by Gasteiger charge is 2.42. The van der Waals surface area contributed by atoms with Crippen LogP contribution in [0.5, 0.6) is 0 Å². The SMILES string of the molecule is C=C[C@@](C)(OC)[C@H](O)[C@@H](C)C1=C(C)C(=O)OC(C)(C)O1. The second kappa shape index (κ2) is 5.58. The van der Waals surface area contributed by atoms with Crippen LogP contribution in [-0.2, 0) is 19.0 Å². The largest absolute Gasteiger partial charge is 0.456 e. The molecule has 1 rings (SSSR count). The molecule has 0 fully saturated rings. The van der Waals surface area contributed by atoms with Crippen LogP contribution in [0.15, 0.2) is 24.0 Å². The first-order chi connectivity index (χ1) is 9.08. The minimum Gasteiger partial charge on any atom is -0.456 e. The molecule has 0 saturated carbocycles. The van der Waals surface area contributed by atoms with Crippen LogP contribution in [0.4, 0.5) is 0 Å². The van der Waals surface area contributed by atoms with Gasteiger partial charge in [0.15, 0.2) is 0 Å². The molecule has 0 bridgehead atoms. The lowest BCUT2D eigenvalue weighted by atomic mass is 9.86. The van der Waals surface area contributed by atoms with Gasteiger partial charge in [-0.1, -0.05) is 13.0 Å². The average Bonchev–Trinajstić information content (AvgIpc) is 2.39. The number of hydrogen-bond acceptors (Lipinski definition) is 5. The summed E-state index contributed by atoms with van der Waals surface area (Å²) < 4.78 is 16.2. The number of rotatable bonds is 5. The maximum absolute atomic E-state index is 11.8. The second-order valence-corrected chi connectivity index (χ2v) is 5.71. The summed E-state index contributed by atoms with van der Waals surface area (Å²) in [5.41, 5.74) is -0.569. The van der Waals surface area contributed by atoms with Crippen molar-refractivity contribution in [1.82, 2.24) is 0 Å². The first-order valence-electron chi connectivity index (χ1n) is 6.58. The molecular formula is C15H24O5. The Kier molecular flexibility index (Phi) is 4.66. The van der Waals surface area contributed by atoms with E-state index < -0.39 is 29.4 Å². The fraction of sp³-hybridized carbons (Fsp3) is 0.667. The Labute approximate surface area is 120 Å². The Morgan fingerprint density at radius 2 is 2.00 bits per heavy atom. The maximum atomic E-state index is 11.8. The molecule has 1 aliphatic heterocycles. The van der Waals surface area contributed by atoms with Gasteiger partial charge in [-0.2, -0.15) is 0 Å². The van der Waals surface area contributed by atoms with E-state index >= 15 is 0 Å². The quantitative estimate of drug-likeness (QED) is 0.619. The van der Waals surface area contributed by atoms with E-state index in [1.165, 1.54) is 13.2 Å². The van der Waals surface area contributed by atoms with Crippen molar-refractivity contribution in [2.24, 2.45) is 5.92 Å². The Balaban J connectivity index is 3.13. The Morgan fingerprint density at radius 1 is 1.45 bits per heavy atom. The predicted molar refractivity (Wildman–Crippen MR) is 74.7 cm³/mol. The van der Waals surface area contributed by atoms with Crippen LogP contribution in [0.3, 0.4) is 0 Å². The van der Waals surface area contributed by atoms with E-state index in [1.807, 2.05) is 0 Å². The zero-order valence-electron chi connectivity index (χ0n) is 13.0. The number of esters is 1. The summed E-state index contributed by atoms with van der Waals surface area (Å²) in [6.07, 6.45) is 0.632. The molecule has 0 spiro atoms. The van der Waals surface area contributed by atoms with Crippen LogP contribution in [0, 0.1) is 5.92 Å². The molecule has 1 aliphatic rings. The molecule has 0 radical (unpaired) electrons. The number of methoxy groups -OCH3 is 1. The zero-order valence-corrected chi connectivity index (χ0v) is 13.0. The van der Waals surface area contributed by atoms with E-state index in [0.29, 0.717) is 11.3 Å². The minimum absolute atomic E-state index is 0.360. The van der Waals surface area contributed by atoms with Gasteiger partial charge >= 0.3 is 5.97 Å². The third-order valence-corrected chi connectivity index (χ3v) is 3.69. The van der Waals surface area contributed by atoms with Gasteiger partial charge in [-0.25, -0.2) is 4.79 Å². The molecule has 0 aliphatic carbocycles. The molecule has 5 nitrogen and oxygen atoms in total. The van der Waals surface area contributed by atoms with Gasteiger partial charge in [-0.05, 0) is 13.8 Å². The van der Waals surface area contributed by atoms with Gasteiger partial charge < -0.3 is 19.3 Å². The summed E-state index contributed by atoms with van der Waals surface area (Å²) in [4.78, 5) is 11.8. The van der Waals surface area contributed by atoms with Gasteiger partial charge in [0.25, 0.3) is 0 Å². The van der Waals surface area contributed by atoms with E-state index in [1.54, 1.807) is 34.6 Å². The number of aliphatic hydroxyl groups excluding tert-OH is 1. The summed E-state index contributed by atoms with van der Waals surface area (Å²) in [6, 6.07) is 0. The molecule has 0 amide bonds. The smallest absolute Gasteiger partial charge is 0.340 e. The van der Waals surface area contributed by atoms with Crippen LogP contribution in [-0.4, -0.2) is 35.7 Å². The number of hydrogen-bond donors (Lipinski definition) is 1. The number of carbonyl (C=O) groups excluding carboxylic acids is 1. The lowest BCUT2D eigenvalue weighted by Gasteiger charge is -2.39. The highest BCUT2D eigenvalue weighted by molar-refractivity contribution is 5.89. The van der Waals surface area contributed by atoms with Crippen molar-refractivity contribution in [1.29, 1.82) is 0 Å². The molecule has 1 heterocycles. The van der Waals surface area contributed by atoms with Gasteiger partial charge in [-0.3, -0.25) is 0 Å². The van der Waals surface area contributed by atoms with Gasteiger partial charge in [0.05, 0.1) is 11.7 Å². The average molecular weight is 284 g/mol. The van der Waals surface area contributed by atoms with Crippen molar-refractivity contribution in [2.45, 2.75) is 52.1 Å². The van der Waals surface area contributed by atoms with Crippen molar-refractivity contribution in [2.75, 3.05) is 7.11 Å². The lowest BCUT2D eigenvalue weighted by Crippen LogP contribution is -2.46. The van der Waals surface area contributed by atoms with Gasteiger partial charge in [0, 0.05) is 26.9 Å². The van der Waals surface area contributed by atoms with Crippen molar-refractivity contribution in [3.8, 4) is 0 Å². The highest BCUT2D eigenvalue weighted by Crippen LogP contribution is 2.35. The molecule has 114 valence electrons. The monoisotopic (exact) mass is 284 g/mol. The Bertz CT molecular complexity index is 438. The van der Waals surface area contributed by atoms with Gasteiger partial charge in [0.1, 0.15) is 11.4 Å². The normalized spacial score (nSPS) is 24.2. The molecule has 1 N–H and O–H groups in total. The molecule has 20 heavy (non-hydrogen) atoms. The molecule has 0 unspecified atom stereocenters. The number of ether oxygens (including phenoxy) is 3. The number of aliphatic hydroxyl groups is 1. The summed E-state index contributed by atoms with van der Waals surface area (Å²) in [5, 5.41) is 10.5. The fourth-order valence-electron chi connectivity index (χ4n) is 2.16. The third kappa shape index (κ3) is 3.04. The Morgan fingerprint density at radius 3 is 2.45 bits per heavy atom. The van der Waals surface area contributed by atoms with Crippen LogP contribution >= 0.6 is 0 Å². The second-order valence-electron chi connectivity index (χ2n) is 5.71. The van der Waals surface area contributed by atoms with E-state index in [4.69, 9.17) is 14.2 Å². The van der Waals surface area contributed by atoms with E-state index in [-0.39, 0.29) is 0 Å². The predicted octanol–water partition coefficient (Wildman–Crippen LogP) is 2.16. The molecule has 0 aromatic rings. The van der Waals surface area contributed by atoms with Gasteiger partial charge in [-0.15, -0.1) is 6.58 Å². The van der Waals surface area contributed by atoms with E-state index in [9.17, 15) is 9.90 Å². The summed E-state index contributed by atoms with van der Waals surface area (Å²) in [5.74, 6) is -1.50. The zero-order chi connectivity index (χ0) is 15.7. The topological polar surface area (TPSA) is 65.0 Å². The first-order valence-corrected chi connectivity index (χ1v) is 6.58. The first kappa shape index (κ1) is 16.7. The van der Waals surface area contributed by atoms with Crippen molar-refractivity contribution < 1.29 is 24.1 Å². The molecular weight excluding hydrogens is 260 g/mol. The highest BCUT2D eigenvalue weighted by atomic mass is 16.7. The Hall–Kier alpha value is -1.33. The van der Waals surface area contributed by atoms with E-state index in [2.05, 4.69) is 6.58 Å². The van der Waals surface area contributed by atoms with Gasteiger partial charge in [0.2, 0.25) is 5.79 Å². The summed E-state index contributed by atoms with van der Waals surface area (Å²) >= 11 is 0. The van der Waals surface area contributed by atoms with Crippen LogP contribution in [0.1, 0.15) is 34.6 Å². The molecule has 0 aromatic carbocycles. The molecule has 0 saturated heterocycles. The van der Waals surface area contributed by atoms with Crippen molar-refractivity contribution in [3.05, 3.63) is 24.0 Å². The number of carbonyl (C=O) groups is 1. The standard InChI is InChI=1S/C15H24O5/c1-8-15(6,18-7)12(16)9(2)11-10(3)13(17)20-14(4,5)19-11/h8-9,12,16H,1H2,2-7H3/t9-,12+,15+/m0/s1. The molecule has 0 aromatic heterocycles. The van der Waals surface area contributed by atoms with Crippen LogP contribution in [0.2, 0.25) is 0 Å².